The van der Waals surface area contributed by atoms with Crippen LogP contribution in [0.2, 0.25) is 10.0 Å². The number of carbonyl (C=O) groups is 2. The van der Waals surface area contributed by atoms with E-state index in [1.165, 1.54) is 4.68 Å². The predicted octanol–water partition coefficient (Wildman–Crippen LogP) is 5.09. The Kier molecular flexibility index (Phi) is 7.01. The lowest BCUT2D eigenvalue weighted by Gasteiger charge is -2.29. The first-order valence-corrected chi connectivity index (χ1v) is 12.4. The molecular weight excluding hydrogens is 548 g/mol. The van der Waals surface area contributed by atoms with Crippen molar-refractivity contribution in [3.63, 3.8) is 0 Å². The summed E-state index contributed by atoms with van der Waals surface area (Å²) in [5.74, 6) is -0.425. The van der Waals surface area contributed by atoms with Gasteiger partial charge in [-0.25, -0.2) is 4.68 Å². The highest BCUT2D eigenvalue weighted by molar-refractivity contribution is 6.38. The second kappa shape index (κ2) is 10.1. The number of amides is 2. The molecule has 1 atom stereocenters. The number of aromatic nitrogens is 2. The molecule has 1 N–H and O–H groups in total. The average molecular weight is 569 g/mol. The van der Waals surface area contributed by atoms with E-state index in [0.29, 0.717) is 43.1 Å². The Morgan fingerprint density at radius 1 is 1.13 bits per heavy atom. The van der Waals surface area contributed by atoms with Crippen LogP contribution in [0.5, 0.6) is 11.5 Å². The highest BCUT2D eigenvalue weighted by Crippen LogP contribution is 2.37. The number of carbonyl (C=O) groups excluding carboxylic acids is 2. The first kappa shape index (κ1) is 26.3. The number of imide groups is 1. The zero-order valence-corrected chi connectivity index (χ0v) is 21.5. The SMILES string of the molecule is Cc1cc(COc2cccc3c2CN(C2CCC(=O)NC2=O)C3)nn1-c1c(Cl)cc(OC(F)(F)F)cc1Cl. The molecule has 1 unspecified atom stereocenters. The molecule has 13 heteroatoms. The normalized spacial score (nSPS) is 17.9. The highest BCUT2D eigenvalue weighted by atomic mass is 35.5. The molecular formula is C25H21Cl2F3N4O4. The molecule has 2 aliphatic heterocycles. The molecule has 0 radical (unpaired) electrons. The van der Waals surface area contributed by atoms with Crippen LogP contribution in [0.15, 0.2) is 36.4 Å². The van der Waals surface area contributed by atoms with E-state index in [4.69, 9.17) is 27.9 Å². The number of benzene rings is 2. The third-order valence-corrected chi connectivity index (χ3v) is 6.94. The summed E-state index contributed by atoms with van der Waals surface area (Å²) >= 11 is 12.5. The van der Waals surface area contributed by atoms with Crippen molar-refractivity contribution in [1.29, 1.82) is 0 Å². The maximum Gasteiger partial charge on any atom is 0.573 e. The third kappa shape index (κ3) is 5.45. The van der Waals surface area contributed by atoms with Crippen molar-refractivity contribution in [2.75, 3.05) is 0 Å². The first-order chi connectivity index (χ1) is 18.0. The van der Waals surface area contributed by atoms with E-state index in [1.807, 2.05) is 23.1 Å². The largest absolute Gasteiger partial charge is 0.573 e. The predicted molar refractivity (Wildman–Crippen MR) is 131 cm³/mol. The molecule has 2 amide bonds. The average Bonchev–Trinajstić information content (AvgIpc) is 3.40. The molecule has 5 rings (SSSR count). The molecule has 200 valence electrons. The Labute approximate surface area is 225 Å². The van der Waals surface area contributed by atoms with E-state index in [-0.39, 0.29) is 40.2 Å². The van der Waals surface area contributed by atoms with Gasteiger partial charge in [-0.15, -0.1) is 13.2 Å². The lowest BCUT2D eigenvalue weighted by molar-refractivity contribution is -0.274. The van der Waals surface area contributed by atoms with Crippen LogP contribution in [0.25, 0.3) is 5.69 Å². The summed E-state index contributed by atoms with van der Waals surface area (Å²) in [6.45, 7) is 2.93. The van der Waals surface area contributed by atoms with Gasteiger partial charge in [0.1, 0.15) is 29.5 Å². The van der Waals surface area contributed by atoms with Crippen molar-refractivity contribution >= 4 is 35.0 Å². The second-order valence-electron chi connectivity index (χ2n) is 9.03. The zero-order valence-electron chi connectivity index (χ0n) is 19.9. The van der Waals surface area contributed by atoms with Crippen LogP contribution in [0.4, 0.5) is 13.2 Å². The van der Waals surface area contributed by atoms with Gasteiger partial charge >= 0.3 is 6.36 Å². The monoisotopic (exact) mass is 568 g/mol. The molecule has 0 spiro atoms. The standard InChI is InChI=1S/C25H21Cl2F3N4O4/c1-13-7-15(32-34(13)23-18(26)8-16(9-19(23)27)38-25(28,29)30)12-37-21-4-2-3-14-10-33(11-17(14)21)20-5-6-22(35)31-24(20)36/h2-4,7-9,20H,5-6,10-12H2,1H3,(H,31,35,36). The van der Waals surface area contributed by atoms with Gasteiger partial charge in [0.25, 0.3) is 0 Å². The summed E-state index contributed by atoms with van der Waals surface area (Å²) in [4.78, 5) is 25.9. The van der Waals surface area contributed by atoms with Gasteiger partial charge in [0.2, 0.25) is 11.8 Å². The molecule has 0 aliphatic carbocycles. The van der Waals surface area contributed by atoms with Crippen LogP contribution in [-0.4, -0.2) is 38.9 Å². The van der Waals surface area contributed by atoms with E-state index >= 15 is 0 Å². The number of hydrogen-bond acceptors (Lipinski definition) is 6. The van der Waals surface area contributed by atoms with Crippen molar-refractivity contribution in [2.24, 2.45) is 0 Å². The summed E-state index contributed by atoms with van der Waals surface area (Å²) in [5.41, 5.74) is 3.39. The van der Waals surface area contributed by atoms with Gasteiger partial charge in [0.15, 0.2) is 0 Å². The van der Waals surface area contributed by atoms with E-state index in [9.17, 15) is 22.8 Å². The van der Waals surface area contributed by atoms with E-state index in [1.54, 1.807) is 13.0 Å². The third-order valence-electron chi connectivity index (χ3n) is 6.36. The summed E-state index contributed by atoms with van der Waals surface area (Å²) in [6.07, 6.45) is -4.10. The molecule has 2 aromatic carbocycles. The van der Waals surface area contributed by atoms with Gasteiger partial charge in [-0.05, 0) is 31.0 Å². The fraction of sp³-hybridized carbons (Fsp3) is 0.320. The fourth-order valence-corrected chi connectivity index (χ4v) is 5.35. The van der Waals surface area contributed by atoms with E-state index < -0.39 is 12.1 Å². The Morgan fingerprint density at radius 2 is 1.87 bits per heavy atom. The first-order valence-electron chi connectivity index (χ1n) is 11.6. The summed E-state index contributed by atoms with van der Waals surface area (Å²) in [7, 11) is 0. The van der Waals surface area contributed by atoms with Crippen LogP contribution in [0.3, 0.4) is 0 Å². The number of alkyl halides is 3. The Bertz CT molecular complexity index is 1400. The van der Waals surface area contributed by atoms with Crippen LogP contribution >= 0.6 is 23.2 Å². The van der Waals surface area contributed by atoms with Gasteiger partial charge in [-0.3, -0.25) is 19.8 Å². The van der Waals surface area contributed by atoms with Crippen molar-refractivity contribution in [3.05, 3.63) is 69.0 Å². The van der Waals surface area contributed by atoms with Crippen molar-refractivity contribution in [3.8, 4) is 17.2 Å². The van der Waals surface area contributed by atoms with E-state index in [2.05, 4.69) is 15.2 Å². The van der Waals surface area contributed by atoms with Crippen LogP contribution in [0, 0.1) is 6.92 Å². The molecule has 3 aromatic rings. The molecule has 1 saturated heterocycles. The van der Waals surface area contributed by atoms with Gasteiger partial charge in [-0.2, -0.15) is 5.10 Å². The number of piperidine rings is 1. The number of hydrogen-bond donors (Lipinski definition) is 1. The maximum atomic E-state index is 12.6. The Morgan fingerprint density at radius 3 is 2.55 bits per heavy atom. The zero-order chi connectivity index (χ0) is 27.2. The maximum absolute atomic E-state index is 12.6. The highest BCUT2D eigenvalue weighted by Gasteiger charge is 2.36. The van der Waals surface area contributed by atoms with Gasteiger partial charge < -0.3 is 9.47 Å². The molecule has 1 aromatic heterocycles. The quantitative estimate of drug-likeness (QED) is 0.417. The Hall–Kier alpha value is -3.28. The lowest BCUT2D eigenvalue weighted by Crippen LogP contribution is -2.50. The summed E-state index contributed by atoms with van der Waals surface area (Å²) in [5, 5.41) is 6.75. The number of nitrogens with zero attached hydrogens (tertiary/aromatic N) is 3. The van der Waals surface area contributed by atoms with Crippen LogP contribution in [0.1, 0.15) is 35.4 Å². The van der Waals surface area contributed by atoms with E-state index in [0.717, 1.165) is 23.3 Å². The number of fused-ring (bicyclic) bond motifs is 1. The molecule has 8 nitrogen and oxygen atoms in total. The number of rotatable bonds is 6. The van der Waals surface area contributed by atoms with Crippen LogP contribution < -0.4 is 14.8 Å². The number of halogens is 5. The minimum Gasteiger partial charge on any atom is -0.487 e. The number of ether oxygens (including phenoxy) is 2. The Balaban J connectivity index is 1.31. The molecule has 38 heavy (non-hydrogen) atoms. The lowest BCUT2D eigenvalue weighted by atomic mass is 10.0. The van der Waals surface area contributed by atoms with Crippen molar-refractivity contribution < 1.29 is 32.2 Å². The van der Waals surface area contributed by atoms with Crippen molar-refractivity contribution in [1.82, 2.24) is 20.0 Å². The molecule has 2 aliphatic rings. The fourth-order valence-electron chi connectivity index (χ4n) is 4.73. The topological polar surface area (TPSA) is 85.7 Å². The van der Waals surface area contributed by atoms with Crippen LogP contribution in [-0.2, 0) is 29.3 Å². The van der Waals surface area contributed by atoms with Gasteiger partial charge in [-0.1, -0.05) is 35.3 Å². The molecule has 0 bridgehead atoms. The smallest absolute Gasteiger partial charge is 0.487 e. The molecule has 0 saturated carbocycles. The van der Waals surface area contributed by atoms with Crippen molar-refractivity contribution in [2.45, 2.75) is 51.9 Å². The number of aryl methyl sites for hydroxylation is 1. The van der Waals surface area contributed by atoms with Gasteiger partial charge in [0, 0.05) is 42.9 Å². The summed E-state index contributed by atoms with van der Waals surface area (Å²) < 4.78 is 49.2. The minimum atomic E-state index is -4.88. The summed E-state index contributed by atoms with van der Waals surface area (Å²) in [6, 6.07) is 9.10. The molecule has 1 fully saturated rings. The minimum absolute atomic E-state index is 0.0650. The number of nitrogens with one attached hydrogen (secondary N) is 1. The van der Waals surface area contributed by atoms with Gasteiger partial charge in [0.05, 0.1) is 16.1 Å². The molecule has 3 heterocycles. The second-order valence-corrected chi connectivity index (χ2v) is 9.84.